The van der Waals surface area contributed by atoms with Crippen molar-refractivity contribution in [2.24, 2.45) is 7.05 Å². The maximum absolute atomic E-state index is 13.3. The molecule has 4 N–H and O–H groups in total. The highest BCUT2D eigenvalue weighted by Gasteiger charge is 2.25. The van der Waals surface area contributed by atoms with Crippen LogP contribution in [0.2, 0.25) is 0 Å². The van der Waals surface area contributed by atoms with Crippen molar-refractivity contribution in [3.8, 4) is 11.3 Å². The second kappa shape index (κ2) is 10.8. The van der Waals surface area contributed by atoms with Crippen LogP contribution in [-0.2, 0) is 26.9 Å². The summed E-state index contributed by atoms with van der Waals surface area (Å²) in [6, 6.07) is 17.1. The summed E-state index contributed by atoms with van der Waals surface area (Å²) < 4.78 is 39.9. The van der Waals surface area contributed by atoms with Gasteiger partial charge in [0.2, 0.25) is 5.91 Å². The van der Waals surface area contributed by atoms with Gasteiger partial charge in [0.1, 0.15) is 11.4 Å². The number of nitrogens with one attached hydrogen (secondary N) is 3. The summed E-state index contributed by atoms with van der Waals surface area (Å²) in [6.07, 6.45) is -0.683. The zero-order valence-electron chi connectivity index (χ0n) is 20.3. The molecule has 0 aliphatic heterocycles. The number of ether oxygens (including phenoxy) is 1. The van der Waals surface area contributed by atoms with Gasteiger partial charge in [-0.15, -0.1) is 0 Å². The van der Waals surface area contributed by atoms with Crippen LogP contribution in [0, 0.1) is 0 Å². The van der Waals surface area contributed by atoms with Crippen LogP contribution in [0.5, 0.6) is 0 Å². The third-order valence-electron chi connectivity index (χ3n) is 4.93. The van der Waals surface area contributed by atoms with Gasteiger partial charge in [0.05, 0.1) is 17.3 Å². The van der Waals surface area contributed by atoms with Gasteiger partial charge in [0.25, 0.3) is 0 Å². The fourth-order valence-corrected chi connectivity index (χ4v) is 3.78. The lowest BCUT2D eigenvalue weighted by Gasteiger charge is -2.22. The van der Waals surface area contributed by atoms with E-state index in [2.05, 4.69) is 15.7 Å². The lowest BCUT2D eigenvalue weighted by molar-refractivity contribution is -0.117. The second-order valence-electron chi connectivity index (χ2n) is 9.03. The average molecular weight is 516 g/mol. The van der Waals surface area contributed by atoms with Gasteiger partial charge in [-0.05, 0) is 38.5 Å². The van der Waals surface area contributed by atoms with Crippen molar-refractivity contribution in [3.63, 3.8) is 0 Å². The quantitative estimate of drug-likeness (QED) is 0.335. The summed E-state index contributed by atoms with van der Waals surface area (Å²) in [5.74, 6) is -0.831. The Kier molecular flexibility index (Phi) is 8.00. The molecule has 0 saturated heterocycles. The highest BCUT2D eigenvalue weighted by atomic mass is 32.2. The molecular formula is C24H29N5O6S. The summed E-state index contributed by atoms with van der Waals surface area (Å²) >= 11 is 0. The summed E-state index contributed by atoms with van der Waals surface area (Å²) in [5, 5.41) is 9.90. The molecule has 3 rings (SSSR count). The highest BCUT2D eigenvalue weighted by Crippen LogP contribution is 2.24. The lowest BCUT2D eigenvalue weighted by atomic mass is 9.97. The zero-order valence-corrected chi connectivity index (χ0v) is 21.2. The molecule has 11 nitrogen and oxygen atoms in total. The van der Waals surface area contributed by atoms with E-state index < -0.39 is 33.8 Å². The molecule has 36 heavy (non-hydrogen) atoms. The first-order chi connectivity index (χ1) is 16.8. The van der Waals surface area contributed by atoms with Crippen LogP contribution < -0.4 is 15.4 Å². The first-order valence-corrected chi connectivity index (χ1v) is 12.5. The van der Waals surface area contributed by atoms with Crippen molar-refractivity contribution in [3.05, 3.63) is 66.2 Å². The number of anilines is 2. The van der Waals surface area contributed by atoms with Gasteiger partial charge in [0.15, 0.2) is 0 Å². The van der Waals surface area contributed by atoms with Gasteiger partial charge in [-0.3, -0.25) is 18.8 Å². The first-order valence-electron chi connectivity index (χ1n) is 11.0. The van der Waals surface area contributed by atoms with Gasteiger partial charge < -0.3 is 15.4 Å². The number of hydrogen-bond acceptors (Lipinski definition) is 6. The zero-order chi connectivity index (χ0) is 26.5. The van der Waals surface area contributed by atoms with Crippen molar-refractivity contribution in [2.45, 2.75) is 32.3 Å². The van der Waals surface area contributed by atoms with E-state index >= 15 is 0 Å². The fourth-order valence-electron chi connectivity index (χ4n) is 3.34. The van der Waals surface area contributed by atoms with Crippen molar-refractivity contribution in [1.82, 2.24) is 15.1 Å². The van der Waals surface area contributed by atoms with E-state index in [0.717, 1.165) is 5.56 Å². The molecule has 12 heteroatoms. The predicted molar refractivity (Wildman–Crippen MR) is 136 cm³/mol. The molecule has 0 aliphatic carbocycles. The van der Waals surface area contributed by atoms with Crippen LogP contribution in [0.1, 0.15) is 32.3 Å². The number of nitrogens with zero attached hydrogens (tertiary/aromatic N) is 2. The Morgan fingerprint density at radius 3 is 2.31 bits per heavy atom. The molecule has 1 heterocycles. The van der Waals surface area contributed by atoms with Gasteiger partial charge >= 0.3 is 16.4 Å². The van der Waals surface area contributed by atoms with Crippen LogP contribution in [0.3, 0.4) is 0 Å². The standard InChI is InChI=1S/C24H29N5O6S/c1-24(2,3)35-23(31)25-15-19(16-10-12-18(13-11-16)28-36(32,33)34)22(30)26-21-14-20(27-29(21)4)17-8-6-5-7-9-17/h5-14,19,28H,15H2,1-4H3,(H,25,31)(H,26,30)(H,32,33,34)/t19-/m0/s1. The topological polar surface area (TPSA) is 152 Å². The van der Waals surface area contributed by atoms with Crippen molar-refractivity contribution in [2.75, 3.05) is 16.6 Å². The lowest BCUT2D eigenvalue weighted by Crippen LogP contribution is -2.37. The molecule has 2 amide bonds. The van der Waals surface area contributed by atoms with E-state index in [4.69, 9.17) is 9.29 Å². The summed E-state index contributed by atoms with van der Waals surface area (Å²) in [7, 11) is -2.74. The minimum absolute atomic E-state index is 0.0881. The normalized spacial score (nSPS) is 12.5. The summed E-state index contributed by atoms with van der Waals surface area (Å²) in [4.78, 5) is 25.5. The Balaban J connectivity index is 1.82. The third-order valence-corrected chi connectivity index (χ3v) is 5.42. The fraction of sp³-hybridized carbons (Fsp3) is 0.292. The highest BCUT2D eigenvalue weighted by molar-refractivity contribution is 7.87. The molecule has 2 aromatic carbocycles. The SMILES string of the molecule is Cn1nc(-c2ccccc2)cc1NC(=O)[C@@H](CNC(=O)OC(C)(C)C)c1ccc(NS(=O)(=O)O)cc1. The molecule has 0 unspecified atom stereocenters. The van der Waals surface area contributed by atoms with Crippen LogP contribution >= 0.6 is 0 Å². The van der Waals surface area contributed by atoms with E-state index in [0.29, 0.717) is 17.1 Å². The Morgan fingerprint density at radius 2 is 1.72 bits per heavy atom. The third kappa shape index (κ3) is 7.82. The van der Waals surface area contributed by atoms with E-state index in [1.165, 1.54) is 28.9 Å². The number of aromatic nitrogens is 2. The molecule has 0 spiro atoms. The molecule has 0 radical (unpaired) electrons. The minimum atomic E-state index is -4.44. The number of aryl methyl sites for hydroxylation is 1. The van der Waals surface area contributed by atoms with E-state index in [1.54, 1.807) is 33.9 Å². The number of benzene rings is 2. The monoisotopic (exact) mass is 515 g/mol. The molecule has 0 aliphatic rings. The molecule has 192 valence electrons. The predicted octanol–water partition coefficient (Wildman–Crippen LogP) is 3.55. The molecule has 1 aromatic heterocycles. The maximum atomic E-state index is 13.3. The number of amides is 2. The van der Waals surface area contributed by atoms with Crippen LogP contribution in [0.4, 0.5) is 16.3 Å². The molecule has 0 saturated carbocycles. The molecule has 0 fully saturated rings. The Labute approximate surface area is 209 Å². The summed E-state index contributed by atoms with van der Waals surface area (Å²) in [5.41, 5.74) is 1.46. The largest absolute Gasteiger partial charge is 0.444 e. The molecule has 3 aromatic rings. The van der Waals surface area contributed by atoms with E-state index in [9.17, 15) is 18.0 Å². The van der Waals surface area contributed by atoms with Crippen molar-refractivity contribution in [1.29, 1.82) is 0 Å². The maximum Gasteiger partial charge on any atom is 0.407 e. The summed E-state index contributed by atoms with van der Waals surface area (Å²) in [6.45, 7) is 5.09. The van der Waals surface area contributed by atoms with Crippen LogP contribution in [0.15, 0.2) is 60.7 Å². The molecule has 0 bridgehead atoms. The van der Waals surface area contributed by atoms with Gasteiger partial charge in [0, 0.05) is 25.2 Å². The number of hydrogen-bond donors (Lipinski definition) is 4. The number of carbonyl (C=O) groups is 2. The van der Waals surface area contributed by atoms with E-state index in [1.807, 2.05) is 35.1 Å². The Morgan fingerprint density at radius 1 is 1.08 bits per heavy atom. The van der Waals surface area contributed by atoms with Gasteiger partial charge in [-0.2, -0.15) is 13.5 Å². The number of alkyl carbamates (subject to hydrolysis) is 1. The van der Waals surface area contributed by atoms with Gasteiger partial charge in [-0.1, -0.05) is 42.5 Å². The smallest absolute Gasteiger partial charge is 0.407 e. The Hall–Kier alpha value is -3.90. The van der Waals surface area contributed by atoms with Crippen LogP contribution in [-0.4, -0.2) is 46.9 Å². The first kappa shape index (κ1) is 26.7. The number of carbonyl (C=O) groups excluding carboxylic acids is 2. The van der Waals surface area contributed by atoms with Gasteiger partial charge in [-0.25, -0.2) is 4.79 Å². The average Bonchev–Trinajstić information content (AvgIpc) is 3.13. The second-order valence-corrected chi connectivity index (χ2v) is 10.2. The van der Waals surface area contributed by atoms with Crippen LogP contribution in [0.25, 0.3) is 11.3 Å². The van der Waals surface area contributed by atoms with Crippen molar-refractivity contribution < 1.29 is 27.3 Å². The van der Waals surface area contributed by atoms with E-state index in [-0.39, 0.29) is 12.2 Å². The number of rotatable bonds is 8. The minimum Gasteiger partial charge on any atom is -0.444 e. The van der Waals surface area contributed by atoms with Crippen molar-refractivity contribution >= 4 is 33.8 Å². The Bertz CT molecular complexity index is 1320. The molecule has 1 atom stereocenters. The molecular weight excluding hydrogens is 486 g/mol.